The number of carbonyl (C=O) groups excluding carboxylic acids is 1. The Morgan fingerprint density at radius 3 is 2.53 bits per heavy atom. The molecule has 0 spiro atoms. The van der Waals surface area contributed by atoms with E-state index in [0.717, 1.165) is 12.8 Å². The maximum Gasteiger partial charge on any atom is 0.139 e. The predicted molar refractivity (Wildman–Crippen MR) is 62.7 cm³/mol. The number of ketones is 1. The zero-order valence-corrected chi connectivity index (χ0v) is 10.4. The lowest BCUT2D eigenvalue weighted by molar-refractivity contribution is -0.130. The van der Waals surface area contributed by atoms with Crippen LogP contribution in [0.15, 0.2) is 0 Å². The SMILES string of the molecule is CCCCCC12CCC(CC1=O)C2(C)C. The maximum atomic E-state index is 12.2. The van der Waals surface area contributed by atoms with Crippen LogP contribution in [0, 0.1) is 16.7 Å². The predicted octanol–water partition coefficient (Wildman–Crippen LogP) is 3.96. The van der Waals surface area contributed by atoms with E-state index in [4.69, 9.17) is 0 Å². The van der Waals surface area contributed by atoms with E-state index < -0.39 is 0 Å². The summed E-state index contributed by atoms with van der Waals surface area (Å²) in [5.74, 6) is 1.27. The molecule has 1 heteroatoms. The molecule has 2 rings (SSSR count). The van der Waals surface area contributed by atoms with Gasteiger partial charge in [0.2, 0.25) is 0 Å². The molecule has 0 N–H and O–H groups in total. The second-order valence-electron chi connectivity index (χ2n) is 6.12. The van der Waals surface area contributed by atoms with Crippen molar-refractivity contribution in [1.82, 2.24) is 0 Å². The van der Waals surface area contributed by atoms with Crippen LogP contribution in [-0.2, 0) is 4.79 Å². The quantitative estimate of drug-likeness (QED) is 0.639. The summed E-state index contributed by atoms with van der Waals surface area (Å²) in [6.07, 6.45) is 8.29. The number of unbranched alkanes of at least 4 members (excludes halogenated alkanes) is 2. The Balaban J connectivity index is 2.13. The standard InChI is InChI=1S/C14H24O/c1-4-5-6-8-14-9-7-11(10-12(14)15)13(14,2)3/h11H,4-10H2,1-3H3. The van der Waals surface area contributed by atoms with Gasteiger partial charge in [0.05, 0.1) is 0 Å². The number of hydrogen-bond donors (Lipinski definition) is 0. The summed E-state index contributed by atoms with van der Waals surface area (Å²) in [4.78, 5) is 12.2. The highest BCUT2D eigenvalue weighted by Crippen LogP contribution is 2.65. The average Bonchev–Trinajstić information content (AvgIpc) is 2.52. The third-order valence-corrected chi connectivity index (χ3v) is 5.35. The molecular formula is C14H24O. The topological polar surface area (TPSA) is 17.1 Å². The molecular weight excluding hydrogens is 184 g/mol. The summed E-state index contributed by atoms with van der Waals surface area (Å²) >= 11 is 0. The van der Waals surface area contributed by atoms with Crippen molar-refractivity contribution in [2.45, 2.75) is 65.7 Å². The highest BCUT2D eigenvalue weighted by Gasteiger charge is 2.63. The fourth-order valence-electron chi connectivity index (χ4n) is 4.03. The lowest BCUT2D eigenvalue weighted by Crippen LogP contribution is -2.35. The van der Waals surface area contributed by atoms with Crippen LogP contribution in [0.4, 0.5) is 0 Å². The number of rotatable bonds is 4. The average molecular weight is 208 g/mol. The smallest absolute Gasteiger partial charge is 0.139 e. The first-order valence-corrected chi connectivity index (χ1v) is 6.58. The molecule has 0 aliphatic heterocycles. The zero-order chi connectivity index (χ0) is 11.1. The molecule has 2 bridgehead atoms. The lowest BCUT2D eigenvalue weighted by atomic mass is 9.66. The van der Waals surface area contributed by atoms with Crippen molar-refractivity contribution in [2.75, 3.05) is 0 Å². The first-order chi connectivity index (χ1) is 7.04. The van der Waals surface area contributed by atoms with Crippen molar-refractivity contribution >= 4 is 5.78 Å². The summed E-state index contributed by atoms with van der Waals surface area (Å²) in [5.41, 5.74) is 0.366. The zero-order valence-electron chi connectivity index (χ0n) is 10.4. The van der Waals surface area contributed by atoms with E-state index in [-0.39, 0.29) is 10.8 Å². The van der Waals surface area contributed by atoms with E-state index in [1.54, 1.807) is 0 Å². The van der Waals surface area contributed by atoms with Gasteiger partial charge in [-0.15, -0.1) is 0 Å². The van der Waals surface area contributed by atoms with Crippen LogP contribution < -0.4 is 0 Å². The fraction of sp³-hybridized carbons (Fsp3) is 0.929. The molecule has 2 fully saturated rings. The minimum absolute atomic E-state index is 0.0762. The summed E-state index contributed by atoms with van der Waals surface area (Å²) in [6.45, 7) is 6.90. The van der Waals surface area contributed by atoms with Gasteiger partial charge in [-0.3, -0.25) is 4.79 Å². The van der Waals surface area contributed by atoms with Gasteiger partial charge in [0.25, 0.3) is 0 Å². The Morgan fingerprint density at radius 1 is 1.33 bits per heavy atom. The van der Waals surface area contributed by atoms with Crippen molar-refractivity contribution in [1.29, 1.82) is 0 Å². The van der Waals surface area contributed by atoms with Gasteiger partial charge in [-0.2, -0.15) is 0 Å². The Labute approximate surface area is 93.6 Å². The first kappa shape index (κ1) is 11.2. The van der Waals surface area contributed by atoms with Crippen molar-refractivity contribution in [3.05, 3.63) is 0 Å². The second-order valence-corrected chi connectivity index (χ2v) is 6.12. The molecule has 0 amide bonds. The van der Waals surface area contributed by atoms with Crippen molar-refractivity contribution < 1.29 is 4.79 Å². The van der Waals surface area contributed by atoms with Gasteiger partial charge in [-0.25, -0.2) is 0 Å². The monoisotopic (exact) mass is 208 g/mol. The van der Waals surface area contributed by atoms with Crippen LogP contribution in [0.5, 0.6) is 0 Å². The molecule has 0 radical (unpaired) electrons. The Bertz CT molecular complexity index is 267. The molecule has 86 valence electrons. The van der Waals surface area contributed by atoms with E-state index in [1.807, 2.05) is 0 Å². The molecule has 0 aromatic carbocycles. The van der Waals surface area contributed by atoms with Gasteiger partial charge < -0.3 is 0 Å². The van der Waals surface area contributed by atoms with Crippen LogP contribution >= 0.6 is 0 Å². The van der Waals surface area contributed by atoms with Crippen molar-refractivity contribution in [2.24, 2.45) is 16.7 Å². The molecule has 2 atom stereocenters. The Hall–Kier alpha value is -0.330. The third-order valence-electron chi connectivity index (χ3n) is 5.35. The molecule has 15 heavy (non-hydrogen) atoms. The largest absolute Gasteiger partial charge is 0.299 e. The lowest BCUT2D eigenvalue weighted by Gasteiger charge is -2.36. The number of Topliss-reactive ketones (excluding diaryl/α,β-unsaturated/α-hetero) is 1. The molecule has 2 saturated carbocycles. The van der Waals surface area contributed by atoms with E-state index in [1.165, 1.54) is 32.1 Å². The van der Waals surface area contributed by atoms with Crippen molar-refractivity contribution in [3.8, 4) is 0 Å². The molecule has 0 aromatic heterocycles. The van der Waals surface area contributed by atoms with Crippen LogP contribution in [0.25, 0.3) is 0 Å². The van der Waals surface area contributed by atoms with Crippen LogP contribution in [-0.4, -0.2) is 5.78 Å². The molecule has 0 aromatic rings. The van der Waals surface area contributed by atoms with E-state index in [0.29, 0.717) is 11.7 Å². The van der Waals surface area contributed by atoms with Gasteiger partial charge in [0.1, 0.15) is 5.78 Å². The van der Waals surface area contributed by atoms with E-state index in [2.05, 4.69) is 20.8 Å². The second kappa shape index (κ2) is 3.61. The first-order valence-electron chi connectivity index (χ1n) is 6.58. The van der Waals surface area contributed by atoms with Gasteiger partial charge in [-0.05, 0) is 30.6 Å². The van der Waals surface area contributed by atoms with Crippen LogP contribution in [0.1, 0.15) is 65.7 Å². The molecule has 0 heterocycles. The van der Waals surface area contributed by atoms with E-state index >= 15 is 0 Å². The third kappa shape index (κ3) is 1.38. The summed E-state index contributed by atoms with van der Waals surface area (Å²) in [7, 11) is 0. The van der Waals surface area contributed by atoms with Gasteiger partial charge in [0, 0.05) is 11.8 Å². The summed E-state index contributed by atoms with van der Waals surface area (Å²) in [6, 6.07) is 0. The van der Waals surface area contributed by atoms with Gasteiger partial charge in [-0.1, -0.05) is 40.0 Å². The highest BCUT2D eigenvalue weighted by molar-refractivity contribution is 5.89. The summed E-state index contributed by atoms with van der Waals surface area (Å²) in [5, 5.41) is 0. The van der Waals surface area contributed by atoms with E-state index in [9.17, 15) is 4.79 Å². The van der Waals surface area contributed by atoms with Crippen LogP contribution in [0.2, 0.25) is 0 Å². The number of fused-ring (bicyclic) bond motifs is 2. The highest BCUT2D eigenvalue weighted by atomic mass is 16.1. The van der Waals surface area contributed by atoms with Crippen molar-refractivity contribution in [3.63, 3.8) is 0 Å². The molecule has 2 aliphatic carbocycles. The number of carbonyl (C=O) groups is 1. The Kier molecular flexibility index (Phi) is 2.68. The molecule has 2 aliphatic rings. The van der Waals surface area contributed by atoms with Crippen LogP contribution in [0.3, 0.4) is 0 Å². The Morgan fingerprint density at radius 2 is 2.07 bits per heavy atom. The number of hydrogen-bond acceptors (Lipinski definition) is 1. The summed E-state index contributed by atoms with van der Waals surface area (Å²) < 4.78 is 0. The maximum absolute atomic E-state index is 12.2. The minimum atomic E-state index is 0.0762. The normalized spacial score (nSPS) is 37.5. The van der Waals surface area contributed by atoms with Gasteiger partial charge in [0.15, 0.2) is 0 Å². The fourth-order valence-corrected chi connectivity index (χ4v) is 4.03. The molecule has 2 unspecified atom stereocenters. The molecule has 0 saturated heterocycles. The molecule has 1 nitrogen and oxygen atoms in total. The van der Waals surface area contributed by atoms with Gasteiger partial charge >= 0.3 is 0 Å². The minimum Gasteiger partial charge on any atom is -0.299 e.